The number of hydrogen-bond acceptors (Lipinski definition) is 5. The first-order valence-electron chi connectivity index (χ1n) is 6.71. The van der Waals surface area contributed by atoms with Crippen molar-refractivity contribution in [3.63, 3.8) is 0 Å². The van der Waals surface area contributed by atoms with Crippen LogP contribution >= 0.6 is 11.8 Å². The van der Waals surface area contributed by atoms with Gasteiger partial charge in [-0.3, -0.25) is 4.79 Å². The predicted octanol–water partition coefficient (Wildman–Crippen LogP) is 1.52. The van der Waals surface area contributed by atoms with E-state index < -0.39 is 0 Å². The number of rotatable bonds is 6. The Morgan fingerprint density at radius 1 is 1.33 bits per heavy atom. The minimum atomic E-state index is -0.0575. The average Bonchev–Trinajstić information content (AvgIpc) is 2.85. The standard InChI is InChI=1S/C14H19N5OS/c1-10(2)13-17-18-14(19(13)15)21-9-12(20)16-8-11-6-4-3-5-7-11/h3-7,10H,8-9,15H2,1-2H3,(H,16,20). The lowest BCUT2D eigenvalue weighted by Gasteiger charge is -2.06. The van der Waals surface area contributed by atoms with E-state index in [1.807, 2.05) is 44.2 Å². The highest BCUT2D eigenvalue weighted by Crippen LogP contribution is 2.18. The number of nitrogen functional groups attached to an aromatic ring is 1. The van der Waals surface area contributed by atoms with Gasteiger partial charge in [0, 0.05) is 12.5 Å². The number of nitrogens with one attached hydrogen (secondary N) is 1. The summed E-state index contributed by atoms with van der Waals surface area (Å²) in [5, 5.41) is 11.4. The van der Waals surface area contributed by atoms with E-state index in [1.165, 1.54) is 16.4 Å². The number of carbonyl (C=O) groups is 1. The third kappa shape index (κ3) is 4.22. The highest BCUT2D eigenvalue weighted by molar-refractivity contribution is 7.99. The smallest absolute Gasteiger partial charge is 0.230 e. The van der Waals surface area contributed by atoms with Gasteiger partial charge in [0.25, 0.3) is 0 Å². The third-order valence-corrected chi connectivity index (χ3v) is 3.82. The SMILES string of the molecule is CC(C)c1nnc(SCC(=O)NCc2ccccc2)n1N. The summed E-state index contributed by atoms with van der Waals surface area (Å²) in [6.07, 6.45) is 0. The van der Waals surface area contributed by atoms with Crippen molar-refractivity contribution in [3.8, 4) is 0 Å². The molecule has 6 nitrogen and oxygen atoms in total. The predicted molar refractivity (Wildman–Crippen MR) is 83.3 cm³/mol. The molecule has 0 unspecified atom stereocenters. The minimum Gasteiger partial charge on any atom is -0.351 e. The Bertz CT molecular complexity index is 597. The Balaban J connectivity index is 1.81. The van der Waals surface area contributed by atoms with Crippen molar-refractivity contribution in [1.29, 1.82) is 0 Å². The molecule has 0 bridgehead atoms. The third-order valence-electron chi connectivity index (χ3n) is 2.87. The number of nitrogens with two attached hydrogens (primary N) is 1. The summed E-state index contributed by atoms with van der Waals surface area (Å²) in [5.74, 6) is 7.01. The van der Waals surface area contributed by atoms with Gasteiger partial charge >= 0.3 is 0 Å². The zero-order valence-electron chi connectivity index (χ0n) is 12.1. The van der Waals surface area contributed by atoms with Crippen LogP contribution in [0.5, 0.6) is 0 Å². The Morgan fingerprint density at radius 3 is 2.67 bits per heavy atom. The number of amides is 1. The topological polar surface area (TPSA) is 85.8 Å². The molecular formula is C14H19N5OS. The number of nitrogens with zero attached hydrogens (tertiary/aromatic N) is 3. The van der Waals surface area contributed by atoms with Crippen molar-refractivity contribution in [1.82, 2.24) is 20.2 Å². The van der Waals surface area contributed by atoms with Crippen LogP contribution in [-0.4, -0.2) is 26.5 Å². The molecule has 0 atom stereocenters. The fourth-order valence-electron chi connectivity index (χ4n) is 1.76. The summed E-state index contributed by atoms with van der Waals surface area (Å²) in [4.78, 5) is 11.8. The largest absolute Gasteiger partial charge is 0.351 e. The number of hydrogen-bond donors (Lipinski definition) is 2. The van der Waals surface area contributed by atoms with Crippen LogP contribution in [0.1, 0.15) is 31.2 Å². The summed E-state index contributed by atoms with van der Waals surface area (Å²) in [7, 11) is 0. The molecule has 0 saturated heterocycles. The highest BCUT2D eigenvalue weighted by atomic mass is 32.2. The highest BCUT2D eigenvalue weighted by Gasteiger charge is 2.14. The van der Waals surface area contributed by atoms with Crippen molar-refractivity contribution < 1.29 is 4.79 Å². The fraction of sp³-hybridized carbons (Fsp3) is 0.357. The Labute approximate surface area is 128 Å². The second-order valence-corrected chi connectivity index (χ2v) is 5.86. The minimum absolute atomic E-state index is 0.0575. The van der Waals surface area contributed by atoms with Crippen LogP contribution in [0.15, 0.2) is 35.5 Å². The summed E-state index contributed by atoms with van der Waals surface area (Å²) >= 11 is 1.28. The van der Waals surface area contributed by atoms with Crippen LogP contribution in [0.3, 0.4) is 0 Å². The van der Waals surface area contributed by atoms with E-state index in [2.05, 4.69) is 15.5 Å². The second-order valence-electron chi connectivity index (χ2n) is 4.92. The number of aromatic nitrogens is 3. The van der Waals surface area contributed by atoms with Crippen LogP contribution in [0, 0.1) is 0 Å². The van der Waals surface area contributed by atoms with E-state index in [4.69, 9.17) is 5.84 Å². The molecule has 0 aliphatic carbocycles. The van der Waals surface area contributed by atoms with E-state index in [-0.39, 0.29) is 17.6 Å². The molecule has 0 aliphatic rings. The Morgan fingerprint density at radius 2 is 2.05 bits per heavy atom. The monoisotopic (exact) mass is 305 g/mol. The summed E-state index contributed by atoms with van der Waals surface area (Å²) in [5.41, 5.74) is 1.07. The van der Waals surface area contributed by atoms with E-state index in [9.17, 15) is 4.79 Å². The molecule has 1 heterocycles. The van der Waals surface area contributed by atoms with E-state index in [0.29, 0.717) is 17.5 Å². The molecule has 0 radical (unpaired) electrons. The molecule has 2 aromatic rings. The maximum atomic E-state index is 11.8. The van der Waals surface area contributed by atoms with E-state index in [0.717, 1.165) is 5.56 Å². The molecule has 0 fully saturated rings. The number of thioether (sulfide) groups is 1. The van der Waals surface area contributed by atoms with Gasteiger partial charge in [-0.25, -0.2) is 4.68 Å². The van der Waals surface area contributed by atoms with Crippen molar-refractivity contribution in [2.75, 3.05) is 11.6 Å². The van der Waals surface area contributed by atoms with Gasteiger partial charge in [0.1, 0.15) is 0 Å². The van der Waals surface area contributed by atoms with Crippen molar-refractivity contribution >= 4 is 17.7 Å². The van der Waals surface area contributed by atoms with Crippen LogP contribution in [0.4, 0.5) is 0 Å². The Hall–Kier alpha value is -2.02. The van der Waals surface area contributed by atoms with Gasteiger partial charge in [0.2, 0.25) is 11.1 Å². The molecule has 112 valence electrons. The van der Waals surface area contributed by atoms with E-state index in [1.54, 1.807) is 0 Å². The second kappa shape index (κ2) is 7.12. The molecule has 1 aromatic heterocycles. The quantitative estimate of drug-likeness (QED) is 0.624. The van der Waals surface area contributed by atoms with Crippen LogP contribution in [-0.2, 0) is 11.3 Å². The van der Waals surface area contributed by atoms with E-state index >= 15 is 0 Å². The molecule has 2 rings (SSSR count). The maximum absolute atomic E-state index is 11.8. The lowest BCUT2D eigenvalue weighted by Crippen LogP contribution is -2.25. The van der Waals surface area contributed by atoms with Crippen LogP contribution in [0.2, 0.25) is 0 Å². The first-order chi connectivity index (χ1) is 10.1. The maximum Gasteiger partial charge on any atom is 0.230 e. The van der Waals surface area contributed by atoms with Gasteiger partial charge in [-0.15, -0.1) is 10.2 Å². The fourth-order valence-corrected chi connectivity index (χ4v) is 2.45. The molecule has 1 aromatic carbocycles. The lowest BCUT2D eigenvalue weighted by molar-refractivity contribution is -0.118. The summed E-state index contributed by atoms with van der Waals surface area (Å²) in [6, 6.07) is 9.78. The van der Waals surface area contributed by atoms with Crippen molar-refractivity contribution in [2.45, 2.75) is 31.5 Å². The molecular weight excluding hydrogens is 286 g/mol. The lowest BCUT2D eigenvalue weighted by atomic mass is 10.2. The Kier molecular flexibility index (Phi) is 5.21. The van der Waals surface area contributed by atoms with Gasteiger partial charge in [0.15, 0.2) is 5.82 Å². The molecule has 21 heavy (non-hydrogen) atoms. The zero-order chi connectivity index (χ0) is 15.2. The van der Waals surface area contributed by atoms with Crippen molar-refractivity contribution in [2.24, 2.45) is 0 Å². The molecule has 0 aliphatic heterocycles. The number of carbonyl (C=O) groups excluding carboxylic acids is 1. The molecule has 1 amide bonds. The number of benzene rings is 1. The first-order valence-corrected chi connectivity index (χ1v) is 7.70. The van der Waals surface area contributed by atoms with Gasteiger partial charge in [-0.05, 0) is 5.56 Å². The molecule has 3 N–H and O–H groups in total. The zero-order valence-corrected chi connectivity index (χ0v) is 12.9. The summed E-state index contributed by atoms with van der Waals surface area (Å²) < 4.78 is 1.44. The van der Waals surface area contributed by atoms with Crippen LogP contribution < -0.4 is 11.2 Å². The molecule has 0 spiro atoms. The first kappa shape index (κ1) is 15.4. The summed E-state index contributed by atoms with van der Waals surface area (Å²) in [6.45, 7) is 4.51. The van der Waals surface area contributed by atoms with Crippen LogP contribution in [0.25, 0.3) is 0 Å². The normalized spacial score (nSPS) is 10.8. The van der Waals surface area contributed by atoms with Gasteiger partial charge < -0.3 is 11.2 Å². The van der Waals surface area contributed by atoms with Gasteiger partial charge in [0.05, 0.1) is 5.75 Å². The van der Waals surface area contributed by atoms with Crippen molar-refractivity contribution in [3.05, 3.63) is 41.7 Å². The molecule has 0 saturated carbocycles. The van der Waals surface area contributed by atoms with Gasteiger partial charge in [-0.2, -0.15) is 0 Å². The van der Waals surface area contributed by atoms with Gasteiger partial charge in [-0.1, -0.05) is 55.9 Å². The average molecular weight is 305 g/mol. The molecule has 7 heteroatoms.